The largest absolute Gasteiger partial charge is 0.352 e. The van der Waals surface area contributed by atoms with E-state index in [-0.39, 0.29) is 11.8 Å². The second-order valence-electron chi connectivity index (χ2n) is 4.23. The summed E-state index contributed by atoms with van der Waals surface area (Å²) in [6.45, 7) is 0.619. The molecule has 1 rings (SSSR count). The number of benzene rings is 1. The number of rotatable bonds is 8. The summed E-state index contributed by atoms with van der Waals surface area (Å²) in [4.78, 5) is 22.4. The molecule has 1 aromatic carbocycles. The molecule has 5 nitrogen and oxygen atoms in total. The highest BCUT2D eigenvalue weighted by Crippen LogP contribution is 2.03. The molecule has 1 radical (unpaired) electrons. The molecule has 103 valence electrons. The minimum absolute atomic E-state index is 0.111. The van der Waals surface area contributed by atoms with Crippen LogP contribution in [0.25, 0.3) is 0 Å². The fourth-order valence-corrected chi connectivity index (χ4v) is 1.65. The molecule has 0 unspecified atom stereocenters. The van der Waals surface area contributed by atoms with E-state index < -0.39 is 0 Å². The standard InChI is InChI=1S/C14H19N2O3/c17-13(16-19)10-6-1-2-7-11-15-14(18)12-8-4-3-5-9-12/h3-5,8,19H,1-2,6-7,10-11H2,(H,15,18)(H,16,17). The van der Waals surface area contributed by atoms with Crippen molar-refractivity contribution >= 4 is 11.8 Å². The van der Waals surface area contributed by atoms with Crippen molar-refractivity contribution in [3.63, 3.8) is 0 Å². The van der Waals surface area contributed by atoms with Crippen LogP contribution in [0, 0.1) is 6.07 Å². The molecule has 0 spiro atoms. The Labute approximate surface area is 113 Å². The van der Waals surface area contributed by atoms with Gasteiger partial charge in [0.05, 0.1) is 0 Å². The first-order valence-electron chi connectivity index (χ1n) is 6.42. The lowest BCUT2D eigenvalue weighted by atomic mass is 10.1. The quantitative estimate of drug-likeness (QED) is 0.379. The molecule has 0 aliphatic carbocycles. The SMILES string of the molecule is O=C(CCCCCCNC(=O)c1[c]cccc1)NO. The predicted octanol–water partition coefficient (Wildman–Crippen LogP) is 1.67. The number of hydroxylamine groups is 1. The van der Waals surface area contributed by atoms with Gasteiger partial charge in [-0.2, -0.15) is 0 Å². The molecular weight excluding hydrogens is 244 g/mol. The van der Waals surface area contributed by atoms with Gasteiger partial charge in [-0.25, -0.2) is 5.48 Å². The van der Waals surface area contributed by atoms with Gasteiger partial charge >= 0.3 is 0 Å². The van der Waals surface area contributed by atoms with Crippen LogP contribution >= 0.6 is 0 Å². The molecule has 1 aromatic rings. The number of unbranched alkanes of at least 4 members (excludes halogenated alkanes) is 3. The molecule has 2 amide bonds. The maximum absolute atomic E-state index is 11.6. The normalized spacial score (nSPS) is 9.95. The second kappa shape index (κ2) is 9.10. The first-order valence-corrected chi connectivity index (χ1v) is 6.42. The fraction of sp³-hybridized carbons (Fsp3) is 0.429. The minimum atomic E-state index is -0.354. The van der Waals surface area contributed by atoms with Crippen LogP contribution in [0.3, 0.4) is 0 Å². The van der Waals surface area contributed by atoms with Crippen molar-refractivity contribution < 1.29 is 14.8 Å². The van der Waals surface area contributed by atoms with Gasteiger partial charge in [0, 0.05) is 18.5 Å². The molecule has 0 fully saturated rings. The lowest BCUT2D eigenvalue weighted by molar-refractivity contribution is -0.129. The summed E-state index contributed by atoms with van der Waals surface area (Å²) < 4.78 is 0. The number of hydrogen-bond donors (Lipinski definition) is 3. The Kier molecular flexibility index (Phi) is 7.27. The first-order chi connectivity index (χ1) is 9.24. The lowest BCUT2D eigenvalue weighted by Gasteiger charge is -2.04. The van der Waals surface area contributed by atoms with Crippen LogP contribution < -0.4 is 10.8 Å². The van der Waals surface area contributed by atoms with E-state index in [1.807, 2.05) is 6.07 Å². The highest BCUT2D eigenvalue weighted by atomic mass is 16.5. The van der Waals surface area contributed by atoms with E-state index in [2.05, 4.69) is 11.4 Å². The Bertz CT molecular complexity index is 393. The smallest absolute Gasteiger partial charge is 0.251 e. The zero-order valence-corrected chi connectivity index (χ0v) is 10.8. The Morgan fingerprint density at radius 3 is 2.63 bits per heavy atom. The molecule has 0 saturated heterocycles. The Hall–Kier alpha value is -1.88. The third-order valence-electron chi connectivity index (χ3n) is 2.69. The van der Waals surface area contributed by atoms with Crippen molar-refractivity contribution in [1.29, 1.82) is 0 Å². The summed E-state index contributed by atoms with van der Waals surface area (Å²) in [5.74, 6) is -0.465. The molecule has 0 atom stereocenters. The van der Waals surface area contributed by atoms with E-state index in [0.717, 1.165) is 25.7 Å². The van der Waals surface area contributed by atoms with E-state index in [9.17, 15) is 9.59 Å². The molecule has 0 bridgehead atoms. The summed E-state index contributed by atoms with van der Waals surface area (Å²) in [5.41, 5.74) is 2.14. The second-order valence-corrected chi connectivity index (χ2v) is 4.23. The van der Waals surface area contributed by atoms with Gasteiger partial charge in [-0.1, -0.05) is 31.0 Å². The predicted molar refractivity (Wildman–Crippen MR) is 70.6 cm³/mol. The minimum Gasteiger partial charge on any atom is -0.352 e. The summed E-state index contributed by atoms with van der Waals surface area (Å²) in [6.07, 6.45) is 3.80. The van der Waals surface area contributed by atoms with Crippen molar-refractivity contribution in [3.05, 3.63) is 35.9 Å². The monoisotopic (exact) mass is 263 g/mol. The molecule has 0 heterocycles. The van der Waals surface area contributed by atoms with Crippen LogP contribution in [0.1, 0.15) is 42.5 Å². The van der Waals surface area contributed by atoms with Crippen LogP contribution in [0.5, 0.6) is 0 Å². The van der Waals surface area contributed by atoms with Crippen molar-refractivity contribution in [2.45, 2.75) is 32.1 Å². The molecule has 5 heteroatoms. The summed E-state index contributed by atoms with van der Waals surface area (Å²) in [5, 5.41) is 11.1. The molecule has 0 aliphatic heterocycles. The number of nitrogens with one attached hydrogen (secondary N) is 2. The number of hydrogen-bond acceptors (Lipinski definition) is 3. The molecule has 19 heavy (non-hydrogen) atoms. The highest BCUT2D eigenvalue weighted by molar-refractivity contribution is 5.93. The highest BCUT2D eigenvalue weighted by Gasteiger charge is 2.03. The van der Waals surface area contributed by atoms with Gasteiger partial charge in [0.1, 0.15) is 0 Å². The van der Waals surface area contributed by atoms with E-state index >= 15 is 0 Å². The van der Waals surface area contributed by atoms with Crippen LogP contribution in [0.2, 0.25) is 0 Å². The lowest BCUT2D eigenvalue weighted by Crippen LogP contribution is -2.24. The molecule has 0 aliphatic rings. The maximum atomic E-state index is 11.6. The Balaban J connectivity index is 2.02. The average Bonchev–Trinajstić information content (AvgIpc) is 2.46. The number of carbonyl (C=O) groups is 2. The Morgan fingerprint density at radius 2 is 1.95 bits per heavy atom. The summed E-state index contributed by atoms with van der Waals surface area (Å²) >= 11 is 0. The molecule has 3 N–H and O–H groups in total. The van der Waals surface area contributed by atoms with Gasteiger partial charge in [0.25, 0.3) is 5.91 Å². The van der Waals surface area contributed by atoms with Crippen LogP contribution in [-0.4, -0.2) is 23.6 Å². The number of amides is 2. The van der Waals surface area contributed by atoms with E-state index in [1.54, 1.807) is 23.7 Å². The fourth-order valence-electron chi connectivity index (χ4n) is 1.65. The topological polar surface area (TPSA) is 78.4 Å². The first kappa shape index (κ1) is 15.2. The van der Waals surface area contributed by atoms with Gasteiger partial charge in [-0.15, -0.1) is 0 Å². The molecule has 0 saturated carbocycles. The van der Waals surface area contributed by atoms with Crippen molar-refractivity contribution in [2.75, 3.05) is 6.54 Å². The third-order valence-corrected chi connectivity index (χ3v) is 2.69. The van der Waals surface area contributed by atoms with Gasteiger partial charge in [-0.3, -0.25) is 14.8 Å². The van der Waals surface area contributed by atoms with Crippen LogP contribution in [0.15, 0.2) is 24.3 Å². The Morgan fingerprint density at radius 1 is 1.16 bits per heavy atom. The third kappa shape index (κ3) is 6.57. The van der Waals surface area contributed by atoms with Gasteiger partial charge in [-0.05, 0) is 25.0 Å². The zero-order valence-electron chi connectivity index (χ0n) is 10.8. The number of carbonyl (C=O) groups excluding carboxylic acids is 2. The van der Waals surface area contributed by atoms with Crippen molar-refractivity contribution in [3.8, 4) is 0 Å². The maximum Gasteiger partial charge on any atom is 0.251 e. The van der Waals surface area contributed by atoms with Gasteiger partial charge in [0.2, 0.25) is 5.91 Å². The van der Waals surface area contributed by atoms with Crippen LogP contribution in [0.4, 0.5) is 0 Å². The molecule has 0 aromatic heterocycles. The van der Waals surface area contributed by atoms with E-state index in [0.29, 0.717) is 18.5 Å². The summed E-state index contributed by atoms with van der Waals surface area (Å²) in [7, 11) is 0. The van der Waals surface area contributed by atoms with Crippen molar-refractivity contribution in [2.24, 2.45) is 0 Å². The zero-order chi connectivity index (χ0) is 13.9. The summed E-state index contributed by atoms with van der Waals surface area (Å²) in [6, 6.07) is 9.92. The van der Waals surface area contributed by atoms with E-state index in [4.69, 9.17) is 5.21 Å². The van der Waals surface area contributed by atoms with Crippen molar-refractivity contribution in [1.82, 2.24) is 10.8 Å². The molecular formula is C14H19N2O3. The van der Waals surface area contributed by atoms with Gasteiger partial charge in [0.15, 0.2) is 0 Å². The van der Waals surface area contributed by atoms with E-state index in [1.165, 1.54) is 0 Å². The van der Waals surface area contributed by atoms with Gasteiger partial charge < -0.3 is 5.32 Å². The van der Waals surface area contributed by atoms with Crippen LogP contribution in [-0.2, 0) is 4.79 Å². The average molecular weight is 263 g/mol.